The van der Waals surface area contributed by atoms with Gasteiger partial charge in [0.2, 0.25) is 0 Å². The Hall–Kier alpha value is -0.0900. The fourth-order valence-electron chi connectivity index (χ4n) is 1.41. The highest BCUT2D eigenvalue weighted by Gasteiger charge is 2.29. The molecule has 1 aromatic rings. The van der Waals surface area contributed by atoms with Crippen molar-refractivity contribution < 1.29 is 0 Å². The second kappa shape index (κ2) is 3.34. The highest BCUT2D eigenvalue weighted by atomic mass is 127. The lowest BCUT2D eigenvalue weighted by molar-refractivity contribution is 0.633. The molecule has 0 spiro atoms. The van der Waals surface area contributed by atoms with Crippen LogP contribution in [0.4, 0.5) is 0 Å². The van der Waals surface area contributed by atoms with Crippen LogP contribution in [-0.4, -0.2) is 0 Å². The standard InChI is InChI=1S/C10H12IN/c11-9-5-3-8(4-6-9)10(12)7-1-2-7/h3-7,10H,1-2,12H2/t10-/m0/s1. The Balaban J connectivity index is 2.16. The van der Waals surface area contributed by atoms with Gasteiger partial charge in [0.05, 0.1) is 0 Å². The van der Waals surface area contributed by atoms with Crippen molar-refractivity contribution in [3.63, 3.8) is 0 Å². The summed E-state index contributed by atoms with van der Waals surface area (Å²) in [5.41, 5.74) is 7.34. The van der Waals surface area contributed by atoms with Crippen molar-refractivity contribution in [1.82, 2.24) is 0 Å². The van der Waals surface area contributed by atoms with E-state index in [9.17, 15) is 0 Å². The zero-order chi connectivity index (χ0) is 8.55. The molecule has 12 heavy (non-hydrogen) atoms. The lowest BCUT2D eigenvalue weighted by atomic mass is 10.0. The Labute approximate surface area is 86.5 Å². The van der Waals surface area contributed by atoms with Gasteiger partial charge in [-0.3, -0.25) is 0 Å². The Kier molecular flexibility index (Phi) is 2.37. The zero-order valence-electron chi connectivity index (χ0n) is 6.83. The minimum Gasteiger partial charge on any atom is -0.324 e. The zero-order valence-corrected chi connectivity index (χ0v) is 8.99. The molecule has 0 amide bonds. The van der Waals surface area contributed by atoms with Gasteiger partial charge in [0, 0.05) is 9.61 Å². The van der Waals surface area contributed by atoms with Crippen molar-refractivity contribution in [2.24, 2.45) is 11.7 Å². The molecule has 1 aliphatic rings. The average molecular weight is 273 g/mol. The van der Waals surface area contributed by atoms with Crippen molar-refractivity contribution in [2.75, 3.05) is 0 Å². The molecule has 1 aromatic carbocycles. The summed E-state index contributed by atoms with van der Waals surface area (Å²) >= 11 is 2.31. The summed E-state index contributed by atoms with van der Waals surface area (Å²) < 4.78 is 1.28. The number of rotatable bonds is 2. The van der Waals surface area contributed by atoms with E-state index in [0.717, 1.165) is 5.92 Å². The lowest BCUT2D eigenvalue weighted by Crippen LogP contribution is -2.11. The minimum absolute atomic E-state index is 0.280. The predicted molar refractivity (Wildman–Crippen MR) is 58.8 cm³/mol. The monoisotopic (exact) mass is 273 g/mol. The molecule has 0 radical (unpaired) electrons. The maximum absolute atomic E-state index is 6.05. The first-order chi connectivity index (χ1) is 5.77. The molecule has 2 N–H and O–H groups in total. The van der Waals surface area contributed by atoms with Gasteiger partial charge in [0.1, 0.15) is 0 Å². The first-order valence-electron chi connectivity index (χ1n) is 4.28. The summed E-state index contributed by atoms with van der Waals surface area (Å²) in [5, 5.41) is 0. The molecule has 1 aliphatic carbocycles. The Morgan fingerprint density at radius 3 is 2.33 bits per heavy atom. The summed E-state index contributed by atoms with van der Waals surface area (Å²) in [6.07, 6.45) is 2.63. The van der Waals surface area contributed by atoms with Crippen molar-refractivity contribution in [2.45, 2.75) is 18.9 Å². The molecular weight excluding hydrogens is 261 g/mol. The number of halogens is 1. The lowest BCUT2D eigenvalue weighted by Gasteiger charge is -2.09. The van der Waals surface area contributed by atoms with Crippen molar-refractivity contribution >= 4 is 22.6 Å². The van der Waals surface area contributed by atoms with Gasteiger partial charge >= 0.3 is 0 Å². The second-order valence-corrected chi connectivity index (χ2v) is 4.66. The van der Waals surface area contributed by atoms with E-state index in [-0.39, 0.29) is 6.04 Å². The minimum atomic E-state index is 0.280. The molecule has 2 rings (SSSR count). The normalized spacial score (nSPS) is 19.2. The van der Waals surface area contributed by atoms with Crippen molar-refractivity contribution in [3.8, 4) is 0 Å². The Morgan fingerprint density at radius 1 is 1.25 bits per heavy atom. The molecule has 0 heterocycles. The van der Waals surface area contributed by atoms with Crippen LogP contribution in [0, 0.1) is 9.49 Å². The van der Waals surface area contributed by atoms with E-state index in [1.165, 1.54) is 22.0 Å². The highest BCUT2D eigenvalue weighted by molar-refractivity contribution is 14.1. The molecule has 1 atom stereocenters. The van der Waals surface area contributed by atoms with Crippen LogP contribution < -0.4 is 5.73 Å². The third-order valence-corrected chi connectivity index (χ3v) is 3.10. The van der Waals surface area contributed by atoms with Crippen LogP contribution in [0.15, 0.2) is 24.3 Å². The largest absolute Gasteiger partial charge is 0.324 e. The predicted octanol–water partition coefficient (Wildman–Crippen LogP) is 2.70. The average Bonchev–Trinajstić information content (AvgIpc) is 2.87. The quantitative estimate of drug-likeness (QED) is 0.824. The third kappa shape index (κ3) is 1.80. The van der Waals surface area contributed by atoms with Gasteiger partial charge in [-0.25, -0.2) is 0 Å². The molecule has 1 nitrogen and oxygen atoms in total. The van der Waals surface area contributed by atoms with Gasteiger partial charge in [0.15, 0.2) is 0 Å². The van der Waals surface area contributed by atoms with Crippen LogP contribution in [0.5, 0.6) is 0 Å². The number of benzene rings is 1. The first kappa shape index (κ1) is 8.51. The number of hydrogen-bond donors (Lipinski definition) is 1. The highest BCUT2D eigenvalue weighted by Crippen LogP contribution is 2.39. The smallest absolute Gasteiger partial charge is 0.0323 e. The van der Waals surface area contributed by atoms with E-state index in [4.69, 9.17) is 5.73 Å². The molecule has 1 saturated carbocycles. The Bertz CT molecular complexity index is 264. The van der Waals surface area contributed by atoms with Gasteiger partial charge in [-0.1, -0.05) is 12.1 Å². The maximum Gasteiger partial charge on any atom is 0.0323 e. The number of hydrogen-bond acceptors (Lipinski definition) is 1. The van der Waals surface area contributed by atoms with E-state index in [1.807, 2.05) is 0 Å². The summed E-state index contributed by atoms with van der Waals surface area (Å²) in [4.78, 5) is 0. The van der Waals surface area contributed by atoms with Gasteiger partial charge in [-0.2, -0.15) is 0 Å². The fourth-order valence-corrected chi connectivity index (χ4v) is 1.77. The van der Waals surface area contributed by atoms with Crippen LogP contribution in [0.3, 0.4) is 0 Å². The summed E-state index contributed by atoms with van der Waals surface area (Å²) in [6.45, 7) is 0. The van der Waals surface area contributed by atoms with Gasteiger partial charge in [-0.05, 0) is 59.0 Å². The molecule has 0 bridgehead atoms. The van der Waals surface area contributed by atoms with Crippen LogP contribution >= 0.6 is 22.6 Å². The molecule has 64 valence electrons. The van der Waals surface area contributed by atoms with E-state index in [1.54, 1.807) is 0 Å². The van der Waals surface area contributed by atoms with E-state index in [0.29, 0.717) is 0 Å². The topological polar surface area (TPSA) is 26.0 Å². The molecule has 1 fully saturated rings. The summed E-state index contributed by atoms with van der Waals surface area (Å²) in [7, 11) is 0. The molecule has 0 aliphatic heterocycles. The molecule has 0 unspecified atom stereocenters. The molecule has 0 aromatic heterocycles. The van der Waals surface area contributed by atoms with Crippen LogP contribution in [-0.2, 0) is 0 Å². The van der Waals surface area contributed by atoms with Gasteiger partial charge in [0.25, 0.3) is 0 Å². The van der Waals surface area contributed by atoms with Crippen LogP contribution in [0.25, 0.3) is 0 Å². The molecule has 0 saturated heterocycles. The van der Waals surface area contributed by atoms with Crippen LogP contribution in [0.1, 0.15) is 24.4 Å². The van der Waals surface area contributed by atoms with Crippen molar-refractivity contribution in [1.29, 1.82) is 0 Å². The van der Waals surface area contributed by atoms with Gasteiger partial charge in [-0.15, -0.1) is 0 Å². The number of nitrogens with two attached hydrogens (primary N) is 1. The summed E-state index contributed by atoms with van der Waals surface area (Å²) in [5.74, 6) is 0.755. The summed E-state index contributed by atoms with van der Waals surface area (Å²) in [6, 6.07) is 8.81. The van der Waals surface area contributed by atoms with Crippen molar-refractivity contribution in [3.05, 3.63) is 33.4 Å². The molecule has 2 heteroatoms. The van der Waals surface area contributed by atoms with Crippen LogP contribution in [0.2, 0.25) is 0 Å². The SMILES string of the molecule is N[C@H](c1ccc(I)cc1)C1CC1. The van der Waals surface area contributed by atoms with E-state index < -0.39 is 0 Å². The molecular formula is C10H12IN. The van der Waals surface area contributed by atoms with E-state index >= 15 is 0 Å². The van der Waals surface area contributed by atoms with Gasteiger partial charge < -0.3 is 5.73 Å². The second-order valence-electron chi connectivity index (χ2n) is 3.41. The Morgan fingerprint density at radius 2 is 1.83 bits per heavy atom. The maximum atomic E-state index is 6.05. The fraction of sp³-hybridized carbons (Fsp3) is 0.400. The first-order valence-corrected chi connectivity index (χ1v) is 5.36. The third-order valence-electron chi connectivity index (χ3n) is 2.38. The van der Waals surface area contributed by atoms with E-state index in [2.05, 4.69) is 46.9 Å².